The maximum Gasteiger partial charge on any atom is 0.257 e. The van der Waals surface area contributed by atoms with Crippen molar-refractivity contribution in [3.05, 3.63) is 83.9 Å². The number of ether oxygens (including phenoxy) is 2. The van der Waals surface area contributed by atoms with Gasteiger partial charge in [-0.25, -0.2) is 0 Å². The number of rotatable bonds is 8. The van der Waals surface area contributed by atoms with E-state index in [2.05, 4.69) is 10.6 Å². The van der Waals surface area contributed by atoms with E-state index in [0.29, 0.717) is 34.0 Å². The topological polar surface area (TPSA) is 120 Å². The highest BCUT2D eigenvalue weighted by Gasteiger charge is 2.14. The highest BCUT2D eigenvalue weighted by atomic mass is 16.5. The van der Waals surface area contributed by atoms with Crippen molar-refractivity contribution in [2.24, 2.45) is 5.73 Å². The lowest BCUT2D eigenvalue weighted by Gasteiger charge is -2.12. The fourth-order valence-corrected chi connectivity index (χ4v) is 2.71. The normalized spacial score (nSPS) is 10.1. The van der Waals surface area contributed by atoms with Crippen molar-refractivity contribution in [2.45, 2.75) is 0 Å². The molecule has 0 aliphatic carbocycles. The van der Waals surface area contributed by atoms with Crippen LogP contribution in [0.1, 0.15) is 20.7 Å². The number of primary amides is 1. The summed E-state index contributed by atoms with van der Waals surface area (Å²) in [5, 5.41) is 5.53. The second-order valence-electron chi connectivity index (χ2n) is 6.46. The largest absolute Gasteiger partial charge is 0.497 e. The van der Waals surface area contributed by atoms with Crippen LogP contribution in [0.5, 0.6) is 11.5 Å². The molecule has 158 valence electrons. The molecular weight excluding hydrogens is 398 g/mol. The monoisotopic (exact) mass is 419 g/mol. The van der Waals surface area contributed by atoms with Gasteiger partial charge in [0.15, 0.2) is 6.61 Å². The number of anilines is 2. The molecule has 0 saturated carbocycles. The summed E-state index contributed by atoms with van der Waals surface area (Å²) < 4.78 is 10.3. The molecular formula is C23H21N3O5. The number of amides is 3. The number of carbonyl (C=O) groups excluding carboxylic acids is 3. The minimum Gasteiger partial charge on any atom is -0.497 e. The Morgan fingerprint density at radius 3 is 2.10 bits per heavy atom. The molecule has 4 N–H and O–H groups in total. The first kappa shape index (κ1) is 21.4. The number of hydrogen-bond donors (Lipinski definition) is 3. The van der Waals surface area contributed by atoms with E-state index in [9.17, 15) is 14.4 Å². The van der Waals surface area contributed by atoms with E-state index in [1.165, 1.54) is 0 Å². The van der Waals surface area contributed by atoms with Crippen LogP contribution in [0.15, 0.2) is 72.8 Å². The number of methoxy groups -OCH3 is 1. The van der Waals surface area contributed by atoms with Crippen molar-refractivity contribution in [1.82, 2.24) is 0 Å². The van der Waals surface area contributed by atoms with Crippen molar-refractivity contribution < 1.29 is 23.9 Å². The highest BCUT2D eigenvalue weighted by Crippen LogP contribution is 2.21. The van der Waals surface area contributed by atoms with Crippen LogP contribution in [-0.4, -0.2) is 31.4 Å². The molecule has 3 amide bonds. The Kier molecular flexibility index (Phi) is 6.85. The third-order valence-electron chi connectivity index (χ3n) is 4.27. The van der Waals surface area contributed by atoms with E-state index in [0.717, 1.165) is 0 Å². The molecule has 0 saturated heterocycles. The molecule has 0 aliphatic rings. The lowest BCUT2D eigenvalue weighted by atomic mass is 10.1. The van der Waals surface area contributed by atoms with Crippen LogP contribution in [0.4, 0.5) is 11.4 Å². The summed E-state index contributed by atoms with van der Waals surface area (Å²) in [6, 6.07) is 19.8. The Hall–Kier alpha value is -4.33. The first-order valence-electron chi connectivity index (χ1n) is 9.33. The average molecular weight is 419 g/mol. The van der Waals surface area contributed by atoms with E-state index >= 15 is 0 Å². The van der Waals surface area contributed by atoms with Gasteiger partial charge in [-0.1, -0.05) is 12.1 Å². The predicted molar refractivity (Wildman–Crippen MR) is 116 cm³/mol. The minimum absolute atomic E-state index is 0.229. The molecule has 3 aromatic carbocycles. The number of benzene rings is 3. The van der Waals surface area contributed by atoms with Gasteiger partial charge in [0.05, 0.1) is 18.4 Å². The second kappa shape index (κ2) is 9.93. The molecule has 8 heteroatoms. The Labute approximate surface area is 179 Å². The summed E-state index contributed by atoms with van der Waals surface area (Å²) in [6.07, 6.45) is 0. The molecule has 0 unspecified atom stereocenters. The predicted octanol–water partition coefficient (Wildman–Crippen LogP) is 3.06. The van der Waals surface area contributed by atoms with Gasteiger partial charge in [-0.05, 0) is 60.7 Å². The quantitative estimate of drug-likeness (QED) is 0.518. The number of hydrogen-bond acceptors (Lipinski definition) is 5. The molecule has 0 bridgehead atoms. The first-order chi connectivity index (χ1) is 15.0. The first-order valence-corrected chi connectivity index (χ1v) is 9.33. The maximum atomic E-state index is 12.8. The zero-order chi connectivity index (χ0) is 22.2. The molecule has 3 aromatic rings. The number of nitrogens with two attached hydrogens (primary N) is 1. The molecule has 0 fully saturated rings. The molecule has 0 aliphatic heterocycles. The smallest absolute Gasteiger partial charge is 0.257 e. The Morgan fingerprint density at radius 2 is 1.45 bits per heavy atom. The summed E-state index contributed by atoms with van der Waals surface area (Å²) in [6.45, 7) is -0.229. The van der Waals surface area contributed by atoms with Crippen molar-refractivity contribution in [3.63, 3.8) is 0 Å². The van der Waals surface area contributed by atoms with Crippen LogP contribution < -0.4 is 25.8 Å². The molecule has 0 atom stereocenters. The number of para-hydroxylation sites is 1. The molecule has 0 heterocycles. The Balaban J connectivity index is 1.69. The van der Waals surface area contributed by atoms with E-state index in [1.54, 1.807) is 79.9 Å². The van der Waals surface area contributed by atoms with E-state index in [4.69, 9.17) is 15.2 Å². The van der Waals surface area contributed by atoms with Crippen molar-refractivity contribution in [1.29, 1.82) is 0 Å². The van der Waals surface area contributed by atoms with Crippen LogP contribution in [0.25, 0.3) is 0 Å². The second-order valence-corrected chi connectivity index (χ2v) is 6.46. The summed E-state index contributed by atoms with van der Waals surface area (Å²) in [5.41, 5.74) is 6.68. The average Bonchev–Trinajstić information content (AvgIpc) is 2.79. The van der Waals surface area contributed by atoms with Gasteiger partial charge in [0.25, 0.3) is 17.7 Å². The van der Waals surface area contributed by atoms with Crippen molar-refractivity contribution in [2.75, 3.05) is 24.4 Å². The van der Waals surface area contributed by atoms with Crippen molar-refractivity contribution in [3.8, 4) is 11.5 Å². The molecule has 31 heavy (non-hydrogen) atoms. The van der Waals surface area contributed by atoms with Gasteiger partial charge < -0.3 is 25.8 Å². The lowest BCUT2D eigenvalue weighted by Crippen LogP contribution is -2.20. The Bertz CT molecular complexity index is 1080. The fraction of sp³-hybridized carbons (Fsp3) is 0.0870. The zero-order valence-electron chi connectivity index (χ0n) is 16.8. The van der Waals surface area contributed by atoms with Crippen molar-refractivity contribution >= 4 is 29.1 Å². The zero-order valence-corrected chi connectivity index (χ0v) is 16.8. The summed E-state index contributed by atoms with van der Waals surface area (Å²) in [5.74, 6) is -0.229. The van der Waals surface area contributed by atoms with Gasteiger partial charge in [0.1, 0.15) is 11.5 Å². The number of nitrogens with one attached hydrogen (secondary N) is 2. The maximum absolute atomic E-state index is 12.8. The number of carbonyl (C=O) groups is 3. The van der Waals surface area contributed by atoms with Crippen LogP contribution in [-0.2, 0) is 4.79 Å². The Morgan fingerprint density at radius 1 is 0.806 bits per heavy atom. The molecule has 3 rings (SSSR count). The summed E-state index contributed by atoms with van der Waals surface area (Å²) in [4.78, 5) is 36.1. The van der Waals surface area contributed by atoms with Gasteiger partial charge in [-0.15, -0.1) is 0 Å². The molecule has 0 aromatic heterocycles. The molecule has 0 spiro atoms. The van der Waals surface area contributed by atoms with E-state index in [1.807, 2.05) is 0 Å². The minimum atomic E-state index is -0.578. The third kappa shape index (κ3) is 5.83. The van der Waals surface area contributed by atoms with Gasteiger partial charge in [0, 0.05) is 11.3 Å². The van der Waals surface area contributed by atoms with Gasteiger partial charge >= 0.3 is 0 Å². The van der Waals surface area contributed by atoms with Gasteiger partial charge in [-0.3, -0.25) is 14.4 Å². The highest BCUT2D eigenvalue weighted by molar-refractivity contribution is 6.12. The van der Waals surface area contributed by atoms with Crippen LogP contribution >= 0.6 is 0 Å². The third-order valence-corrected chi connectivity index (χ3v) is 4.27. The van der Waals surface area contributed by atoms with Gasteiger partial charge in [0.2, 0.25) is 0 Å². The molecule has 0 radical (unpaired) electrons. The van der Waals surface area contributed by atoms with E-state index in [-0.39, 0.29) is 12.5 Å². The lowest BCUT2D eigenvalue weighted by molar-refractivity contribution is -0.119. The summed E-state index contributed by atoms with van der Waals surface area (Å²) in [7, 11) is 1.55. The van der Waals surface area contributed by atoms with Gasteiger partial charge in [-0.2, -0.15) is 0 Å². The standard InChI is InChI=1S/C23H21N3O5/c1-30-17-10-6-15(7-11-17)22(28)26-20-5-3-2-4-19(20)23(29)25-16-8-12-18(13-9-16)31-14-21(24)27/h2-13H,14H2,1H3,(H2,24,27)(H,25,29)(H,26,28). The molecule has 8 nitrogen and oxygen atoms in total. The fourth-order valence-electron chi connectivity index (χ4n) is 2.71. The van der Waals surface area contributed by atoms with E-state index < -0.39 is 11.8 Å². The van der Waals surface area contributed by atoms with Crippen LogP contribution in [0.3, 0.4) is 0 Å². The van der Waals surface area contributed by atoms with Crippen LogP contribution in [0.2, 0.25) is 0 Å². The SMILES string of the molecule is COc1ccc(C(=O)Nc2ccccc2C(=O)Nc2ccc(OCC(N)=O)cc2)cc1. The van der Waals surface area contributed by atoms with Crippen LogP contribution in [0, 0.1) is 0 Å². The summed E-state index contributed by atoms with van der Waals surface area (Å²) >= 11 is 0.